The fourth-order valence-electron chi connectivity index (χ4n) is 1.03. The van der Waals surface area contributed by atoms with Crippen LogP contribution in [0.15, 0.2) is 24.3 Å². The zero-order valence-electron chi connectivity index (χ0n) is 8.62. The molecule has 0 radical (unpaired) electrons. The fraction of sp³-hybridized carbons (Fsp3) is 0.400. The Hall–Kier alpha value is -0.940. The van der Waals surface area contributed by atoms with E-state index >= 15 is 0 Å². The monoisotopic (exact) mass is 255 g/mol. The molecule has 1 rings (SSSR count). The van der Waals surface area contributed by atoms with E-state index in [1.54, 1.807) is 19.1 Å². The first-order valence-electron chi connectivity index (χ1n) is 4.43. The number of nitrogens with two attached hydrogens (primary N) is 1. The van der Waals surface area contributed by atoms with Crippen LogP contribution in [0.25, 0.3) is 0 Å². The van der Waals surface area contributed by atoms with E-state index in [0.29, 0.717) is 0 Å². The zero-order chi connectivity index (χ0) is 11.5. The highest BCUT2D eigenvalue weighted by atomic mass is 35.5. The lowest BCUT2D eigenvalue weighted by atomic mass is 10.1. The lowest BCUT2D eigenvalue weighted by Gasteiger charge is -2.10. The summed E-state index contributed by atoms with van der Waals surface area (Å²) in [5, 5.41) is 0. The summed E-state index contributed by atoms with van der Waals surface area (Å²) in [4.78, 5) is 0. The summed E-state index contributed by atoms with van der Waals surface area (Å²) in [7, 11) is 0. The molecule has 0 spiro atoms. The molecule has 0 aliphatic carbocycles. The van der Waals surface area contributed by atoms with Gasteiger partial charge in [0.1, 0.15) is 5.75 Å². The van der Waals surface area contributed by atoms with Crippen molar-refractivity contribution in [2.24, 2.45) is 5.73 Å². The van der Waals surface area contributed by atoms with Crippen LogP contribution in [-0.4, -0.2) is 12.8 Å². The van der Waals surface area contributed by atoms with Crippen LogP contribution in [0.4, 0.5) is 13.2 Å². The van der Waals surface area contributed by atoms with Crippen LogP contribution in [-0.2, 0) is 0 Å². The summed E-state index contributed by atoms with van der Waals surface area (Å²) in [5.74, 6) is 0.191. The third-order valence-electron chi connectivity index (χ3n) is 1.81. The van der Waals surface area contributed by atoms with Gasteiger partial charge < -0.3 is 10.5 Å². The Bertz CT molecular complexity index is 311. The van der Waals surface area contributed by atoms with Gasteiger partial charge in [-0.2, -0.15) is 13.2 Å². The second kappa shape index (κ2) is 5.96. The Morgan fingerprint density at radius 1 is 1.25 bits per heavy atom. The SMILES string of the molecule is CC(N)c1ccc(OCC(F)(F)F)cc1.Cl. The van der Waals surface area contributed by atoms with E-state index in [-0.39, 0.29) is 24.2 Å². The number of benzene rings is 1. The van der Waals surface area contributed by atoms with E-state index in [4.69, 9.17) is 5.73 Å². The second-order valence-electron chi connectivity index (χ2n) is 3.26. The van der Waals surface area contributed by atoms with Crippen LogP contribution in [0.2, 0.25) is 0 Å². The molecule has 2 nitrogen and oxygen atoms in total. The Kier molecular flexibility index (Phi) is 5.61. The molecule has 1 aromatic rings. The third kappa shape index (κ3) is 5.23. The van der Waals surface area contributed by atoms with Gasteiger partial charge in [-0.15, -0.1) is 12.4 Å². The van der Waals surface area contributed by atoms with Crippen LogP contribution in [0.3, 0.4) is 0 Å². The molecule has 0 aliphatic heterocycles. The lowest BCUT2D eigenvalue weighted by Crippen LogP contribution is -2.19. The minimum absolute atomic E-state index is 0. The molecule has 0 aliphatic rings. The molecule has 0 saturated carbocycles. The highest BCUT2D eigenvalue weighted by Crippen LogP contribution is 2.20. The highest BCUT2D eigenvalue weighted by Gasteiger charge is 2.28. The van der Waals surface area contributed by atoms with Gasteiger partial charge in [0.25, 0.3) is 0 Å². The van der Waals surface area contributed by atoms with Gasteiger partial charge in [0.2, 0.25) is 0 Å². The maximum absolute atomic E-state index is 11.8. The van der Waals surface area contributed by atoms with Crippen molar-refractivity contribution in [3.8, 4) is 5.75 Å². The topological polar surface area (TPSA) is 35.2 Å². The largest absolute Gasteiger partial charge is 0.484 e. The molecule has 0 amide bonds. The van der Waals surface area contributed by atoms with Gasteiger partial charge >= 0.3 is 6.18 Å². The number of rotatable bonds is 3. The molecule has 92 valence electrons. The summed E-state index contributed by atoms with van der Waals surface area (Å²) in [6.07, 6.45) is -4.31. The van der Waals surface area contributed by atoms with Gasteiger partial charge in [-0.25, -0.2) is 0 Å². The van der Waals surface area contributed by atoms with Gasteiger partial charge in [0.05, 0.1) is 0 Å². The fourth-order valence-corrected chi connectivity index (χ4v) is 1.03. The van der Waals surface area contributed by atoms with Crippen LogP contribution in [0, 0.1) is 0 Å². The van der Waals surface area contributed by atoms with Crippen molar-refractivity contribution in [1.29, 1.82) is 0 Å². The average molecular weight is 256 g/mol. The molecule has 6 heteroatoms. The maximum atomic E-state index is 11.8. The van der Waals surface area contributed by atoms with E-state index in [0.717, 1.165) is 5.56 Å². The average Bonchev–Trinajstić information content (AvgIpc) is 2.14. The van der Waals surface area contributed by atoms with E-state index in [1.807, 2.05) is 0 Å². The minimum Gasteiger partial charge on any atom is -0.484 e. The molecule has 2 N–H and O–H groups in total. The van der Waals surface area contributed by atoms with E-state index in [9.17, 15) is 13.2 Å². The van der Waals surface area contributed by atoms with Crippen molar-refractivity contribution in [1.82, 2.24) is 0 Å². The molecule has 1 aromatic carbocycles. The standard InChI is InChI=1S/C10H12F3NO.ClH/c1-7(14)8-2-4-9(5-3-8)15-6-10(11,12)13;/h2-5,7H,6,14H2,1H3;1H. The Morgan fingerprint density at radius 2 is 1.75 bits per heavy atom. The molecule has 0 heterocycles. The molecule has 0 aromatic heterocycles. The van der Waals surface area contributed by atoms with Gasteiger partial charge in [-0.3, -0.25) is 0 Å². The van der Waals surface area contributed by atoms with Crippen LogP contribution in [0.5, 0.6) is 5.75 Å². The van der Waals surface area contributed by atoms with Gasteiger partial charge in [-0.1, -0.05) is 12.1 Å². The van der Waals surface area contributed by atoms with Crippen molar-refractivity contribution >= 4 is 12.4 Å². The van der Waals surface area contributed by atoms with Crippen molar-refractivity contribution in [2.45, 2.75) is 19.1 Å². The van der Waals surface area contributed by atoms with E-state index in [2.05, 4.69) is 4.74 Å². The zero-order valence-corrected chi connectivity index (χ0v) is 9.44. The van der Waals surface area contributed by atoms with Crippen LogP contribution in [0.1, 0.15) is 18.5 Å². The first-order valence-corrected chi connectivity index (χ1v) is 4.43. The summed E-state index contributed by atoms with van der Waals surface area (Å²) in [5.41, 5.74) is 6.44. The first-order chi connectivity index (χ1) is 6.88. The van der Waals surface area contributed by atoms with Crippen molar-refractivity contribution < 1.29 is 17.9 Å². The van der Waals surface area contributed by atoms with Crippen molar-refractivity contribution in [3.63, 3.8) is 0 Å². The van der Waals surface area contributed by atoms with Gasteiger partial charge in [0.15, 0.2) is 6.61 Å². The molecular weight excluding hydrogens is 243 g/mol. The van der Waals surface area contributed by atoms with Gasteiger partial charge in [0, 0.05) is 6.04 Å². The molecule has 0 bridgehead atoms. The number of alkyl halides is 3. The molecule has 16 heavy (non-hydrogen) atoms. The lowest BCUT2D eigenvalue weighted by molar-refractivity contribution is -0.153. The van der Waals surface area contributed by atoms with E-state index < -0.39 is 12.8 Å². The summed E-state index contributed by atoms with van der Waals surface area (Å²) < 4.78 is 40.0. The Morgan fingerprint density at radius 3 is 2.12 bits per heavy atom. The molecule has 1 atom stereocenters. The minimum atomic E-state index is -4.31. The predicted octanol–water partition coefficient (Wildman–Crippen LogP) is 3.07. The molecule has 0 fully saturated rings. The predicted molar refractivity (Wildman–Crippen MR) is 57.8 cm³/mol. The number of hydrogen-bond donors (Lipinski definition) is 1. The Balaban J connectivity index is 0.00000225. The maximum Gasteiger partial charge on any atom is 0.422 e. The summed E-state index contributed by atoms with van der Waals surface area (Å²) >= 11 is 0. The molecular formula is C10H13ClF3NO. The van der Waals surface area contributed by atoms with Crippen LogP contribution < -0.4 is 10.5 Å². The summed E-state index contributed by atoms with van der Waals surface area (Å²) in [6.45, 7) is 0.524. The molecule has 0 saturated heterocycles. The summed E-state index contributed by atoms with van der Waals surface area (Å²) in [6, 6.07) is 6.11. The van der Waals surface area contributed by atoms with Gasteiger partial charge in [-0.05, 0) is 24.6 Å². The smallest absolute Gasteiger partial charge is 0.422 e. The Labute approximate surface area is 98.0 Å². The van der Waals surface area contributed by atoms with Crippen LogP contribution >= 0.6 is 12.4 Å². The number of ether oxygens (including phenoxy) is 1. The van der Waals surface area contributed by atoms with Crippen molar-refractivity contribution in [2.75, 3.05) is 6.61 Å². The highest BCUT2D eigenvalue weighted by molar-refractivity contribution is 5.85. The van der Waals surface area contributed by atoms with E-state index in [1.165, 1.54) is 12.1 Å². The normalized spacial score (nSPS) is 12.8. The quantitative estimate of drug-likeness (QED) is 0.901. The number of hydrogen-bond acceptors (Lipinski definition) is 2. The number of halogens is 4. The third-order valence-corrected chi connectivity index (χ3v) is 1.81. The van der Waals surface area contributed by atoms with Crippen molar-refractivity contribution in [3.05, 3.63) is 29.8 Å². The first kappa shape index (κ1) is 15.1. The molecule has 1 unspecified atom stereocenters. The second-order valence-corrected chi connectivity index (χ2v) is 3.26.